The second-order valence-electron chi connectivity index (χ2n) is 4.91. The lowest BCUT2D eigenvalue weighted by molar-refractivity contribution is 0.111. The Morgan fingerprint density at radius 1 is 1.40 bits per heavy atom. The van der Waals surface area contributed by atoms with Gasteiger partial charge in [0.2, 0.25) is 0 Å². The van der Waals surface area contributed by atoms with Crippen LogP contribution >= 0.6 is 0 Å². The summed E-state index contributed by atoms with van der Waals surface area (Å²) in [7, 11) is 1.64. The minimum Gasteiger partial charge on any atom is -0.375 e. The number of nitrogens with one attached hydrogen (secondary N) is 2. The van der Waals surface area contributed by atoms with Crippen molar-refractivity contribution in [2.75, 3.05) is 20.2 Å². The number of guanidine groups is 1. The topological polar surface area (TPSA) is 45.7 Å². The van der Waals surface area contributed by atoms with E-state index in [9.17, 15) is 4.39 Å². The Balaban J connectivity index is 1.98. The maximum absolute atomic E-state index is 12.9. The van der Waals surface area contributed by atoms with Gasteiger partial charge in [-0.3, -0.25) is 4.99 Å². The van der Waals surface area contributed by atoms with Crippen LogP contribution in [0.25, 0.3) is 0 Å². The summed E-state index contributed by atoms with van der Waals surface area (Å²) in [4.78, 5) is 4.54. The summed E-state index contributed by atoms with van der Waals surface area (Å²) in [5.74, 6) is 0.579. The van der Waals surface area contributed by atoms with E-state index in [2.05, 4.69) is 15.6 Å². The summed E-state index contributed by atoms with van der Waals surface area (Å²) in [5, 5.41) is 6.57. The van der Waals surface area contributed by atoms with Crippen molar-refractivity contribution in [3.63, 3.8) is 0 Å². The van der Waals surface area contributed by atoms with Gasteiger partial charge in [0.15, 0.2) is 5.96 Å². The van der Waals surface area contributed by atoms with Gasteiger partial charge < -0.3 is 15.4 Å². The van der Waals surface area contributed by atoms with Crippen molar-refractivity contribution in [2.45, 2.75) is 31.9 Å². The molecule has 0 spiro atoms. The molecule has 0 saturated heterocycles. The number of halogens is 1. The van der Waals surface area contributed by atoms with Crippen LogP contribution in [0, 0.1) is 5.82 Å². The predicted molar refractivity (Wildman–Crippen MR) is 78.3 cm³/mol. The van der Waals surface area contributed by atoms with Crippen LogP contribution in [0.1, 0.15) is 31.4 Å². The molecule has 1 aliphatic rings. The smallest absolute Gasteiger partial charge is 0.191 e. The van der Waals surface area contributed by atoms with E-state index in [-0.39, 0.29) is 11.9 Å². The number of ether oxygens (including phenoxy) is 1. The number of methoxy groups -OCH3 is 1. The average Bonchev–Trinajstić information content (AvgIpc) is 3.25. The summed E-state index contributed by atoms with van der Waals surface area (Å²) >= 11 is 0. The van der Waals surface area contributed by atoms with Crippen LogP contribution in [0.5, 0.6) is 0 Å². The second kappa shape index (κ2) is 7.24. The average molecular weight is 279 g/mol. The van der Waals surface area contributed by atoms with Crippen LogP contribution in [0.2, 0.25) is 0 Å². The van der Waals surface area contributed by atoms with Crippen molar-refractivity contribution < 1.29 is 9.13 Å². The molecule has 5 heteroatoms. The molecule has 1 aliphatic carbocycles. The Labute approximate surface area is 119 Å². The quantitative estimate of drug-likeness (QED) is 0.620. The van der Waals surface area contributed by atoms with Gasteiger partial charge in [0, 0.05) is 19.7 Å². The Hall–Kier alpha value is -1.62. The van der Waals surface area contributed by atoms with E-state index in [1.165, 1.54) is 25.0 Å². The lowest BCUT2D eigenvalue weighted by atomic mass is 10.1. The molecule has 1 unspecified atom stereocenters. The lowest BCUT2D eigenvalue weighted by Gasteiger charge is -2.15. The van der Waals surface area contributed by atoms with Gasteiger partial charge in [0.1, 0.15) is 11.9 Å². The third-order valence-corrected chi connectivity index (χ3v) is 3.20. The Bertz CT molecular complexity index is 443. The molecule has 0 radical (unpaired) electrons. The Morgan fingerprint density at radius 3 is 2.65 bits per heavy atom. The standard InChI is InChI=1S/C15H22FN3O/c1-3-17-15(19-13-8-9-13)18-10-14(20-2)11-4-6-12(16)7-5-11/h4-7,13-14H,3,8-10H2,1-2H3,(H2,17,18,19). The molecular formula is C15H22FN3O. The van der Waals surface area contributed by atoms with Crippen LogP contribution in [-0.2, 0) is 4.74 Å². The first-order valence-corrected chi connectivity index (χ1v) is 7.06. The van der Waals surface area contributed by atoms with Crippen molar-refractivity contribution >= 4 is 5.96 Å². The van der Waals surface area contributed by atoms with Crippen LogP contribution in [0.4, 0.5) is 4.39 Å². The molecule has 1 fully saturated rings. The summed E-state index contributed by atoms with van der Waals surface area (Å²) in [6, 6.07) is 6.91. The predicted octanol–water partition coefficient (Wildman–Crippen LogP) is 2.23. The highest BCUT2D eigenvalue weighted by atomic mass is 19.1. The molecule has 1 aromatic rings. The van der Waals surface area contributed by atoms with Gasteiger partial charge in [-0.15, -0.1) is 0 Å². The molecule has 1 aromatic carbocycles. The first-order chi connectivity index (χ1) is 9.72. The fourth-order valence-corrected chi connectivity index (χ4v) is 1.91. The largest absolute Gasteiger partial charge is 0.375 e. The maximum atomic E-state index is 12.9. The van der Waals surface area contributed by atoms with Gasteiger partial charge in [0.05, 0.1) is 6.54 Å². The van der Waals surface area contributed by atoms with Crippen LogP contribution in [-0.4, -0.2) is 32.2 Å². The SMILES string of the molecule is CCNC(=NCC(OC)c1ccc(F)cc1)NC1CC1. The van der Waals surface area contributed by atoms with Crippen molar-refractivity contribution in [3.05, 3.63) is 35.6 Å². The second-order valence-corrected chi connectivity index (χ2v) is 4.91. The van der Waals surface area contributed by atoms with E-state index in [0.717, 1.165) is 18.1 Å². The number of benzene rings is 1. The monoisotopic (exact) mass is 279 g/mol. The first-order valence-electron chi connectivity index (χ1n) is 7.06. The third kappa shape index (κ3) is 4.49. The van der Waals surface area contributed by atoms with Crippen molar-refractivity contribution in [1.82, 2.24) is 10.6 Å². The first kappa shape index (κ1) is 14.8. The molecule has 2 N–H and O–H groups in total. The molecule has 4 nitrogen and oxygen atoms in total. The van der Waals surface area contributed by atoms with E-state index in [1.807, 2.05) is 6.92 Å². The van der Waals surface area contributed by atoms with Gasteiger partial charge >= 0.3 is 0 Å². The number of hydrogen-bond donors (Lipinski definition) is 2. The zero-order chi connectivity index (χ0) is 14.4. The highest BCUT2D eigenvalue weighted by Gasteiger charge is 2.22. The molecule has 1 saturated carbocycles. The molecule has 1 atom stereocenters. The van der Waals surface area contributed by atoms with Gasteiger partial charge in [-0.25, -0.2) is 4.39 Å². The van der Waals surface area contributed by atoms with Crippen molar-refractivity contribution in [2.24, 2.45) is 4.99 Å². The van der Waals surface area contributed by atoms with Crippen LogP contribution in [0.15, 0.2) is 29.3 Å². The van der Waals surface area contributed by atoms with E-state index in [4.69, 9.17) is 4.74 Å². The van der Waals surface area contributed by atoms with E-state index in [0.29, 0.717) is 12.6 Å². The number of hydrogen-bond acceptors (Lipinski definition) is 2. The molecule has 0 bridgehead atoms. The summed E-state index contributed by atoms with van der Waals surface area (Å²) in [5.41, 5.74) is 0.930. The van der Waals surface area contributed by atoms with E-state index >= 15 is 0 Å². The molecule has 110 valence electrons. The number of aliphatic imine (C=N–C) groups is 1. The third-order valence-electron chi connectivity index (χ3n) is 3.20. The summed E-state index contributed by atoms with van der Waals surface area (Å²) in [6.45, 7) is 3.37. The Morgan fingerprint density at radius 2 is 2.10 bits per heavy atom. The number of nitrogens with zero attached hydrogens (tertiary/aromatic N) is 1. The molecular weight excluding hydrogens is 257 g/mol. The number of rotatable bonds is 6. The van der Waals surface area contributed by atoms with Crippen molar-refractivity contribution in [3.8, 4) is 0 Å². The molecule has 0 aliphatic heterocycles. The van der Waals surface area contributed by atoms with Gasteiger partial charge in [-0.1, -0.05) is 12.1 Å². The molecule has 20 heavy (non-hydrogen) atoms. The highest BCUT2D eigenvalue weighted by molar-refractivity contribution is 5.80. The minimum atomic E-state index is -0.240. The Kier molecular flexibility index (Phi) is 5.35. The van der Waals surface area contributed by atoms with Gasteiger partial charge in [-0.2, -0.15) is 0 Å². The van der Waals surface area contributed by atoms with Crippen molar-refractivity contribution in [1.29, 1.82) is 0 Å². The fourth-order valence-electron chi connectivity index (χ4n) is 1.91. The zero-order valence-electron chi connectivity index (χ0n) is 12.0. The van der Waals surface area contributed by atoms with Gasteiger partial charge in [0.25, 0.3) is 0 Å². The minimum absolute atomic E-state index is 0.162. The zero-order valence-corrected chi connectivity index (χ0v) is 12.0. The maximum Gasteiger partial charge on any atom is 0.191 e. The lowest BCUT2D eigenvalue weighted by Crippen LogP contribution is -2.38. The fraction of sp³-hybridized carbons (Fsp3) is 0.533. The summed E-state index contributed by atoms with van der Waals surface area (Å²) < 4.78 is 18.4. The van der Waals surface area contributed by atoms with Crippen LogP contribution in [0.3, 0.4) is 0 Å². The molecule has 2 rings (SSSR count). The highest BCUT2D eigenvalue weighted by Crippen LogP contribution is 2.19. The van der Waals surface area contributed by atoms with E-state index < -0.39 is 0 Å². The van der Waals surface area contributed by atoms with Crippen LogP contribution < -0.4 is 10.6 Å². The molecule has 0 amide bonds. The summed E-state index contributed by atoms with van der Waals surface area (Å²) in [6.07, 6.45) is 2.25. The van der Waals surface area contributed by atoms with Gasteiger partial charge in [-0.05, 0) is 37.5 Å². The molecule has 0 heterocycles. The van der Waals surface area contributed by atoms with E-state index in [1.54, 1.807) is 19.2 Å². The normalized spacial score (nSPS) is 16.9. The molecule has 0 aromatic heterocycles.